The monoisotopic (exact) mass is 349 g/mol. The molecule has 0 heterocycles. The highest BCUT2D eigenvalue weighted by Gasteiger charge is 2.17. The van der Waals surface area contributed by atoms with Gasteiger partial charge in [0.05, 0.1) is 12.5 Å². The maximum atomic E-state index is 11.7. The Balaban J connectivity index is 3.46. The molecule has 0 fully saturated rings. The van der Waals surface area contributed by atoms with Gasteiger partial charge in [-0.05, 0) is 13.3 Å². The van der Waals surface area contributed by atoms with Crippen LogP contribution in [0.2, 0.25) is 0 Å². The van der Waals surface area contributed by atoms with Crippen molar-refractivity contribution in [2.45, 2.75) is 77.7 Å². The summed E-state index contributed by atoms with van der Waals surface area (Å²) in [6, 6.07) is -0.712. The lowest BCUT2D eigenvalue weighted by atomic mass is 10.1. The van der Waals surface area contributed by atoms with Crippen molar-refractivity contribution in [3.8, 4) is 0 Å². The fraction of sp³-hybridized carbons (Fsp3) is 0.882. The number of amides is 1. The Morgan fingerprint density at radius 3 is 2.04 bits per heavy atom. The van der Waals surface area contributed by atoms with Crippen LogP contribution < -0.4 is 5.32 Å². The topological polar surface area (TPSA) is 64.6 Å². The zero-order chi connectivity index (χ0) is 17.3. The average Bonchev–Trinajstić information content (AvgIpc) is 2.54. The summed E-state index contributed by atoms with van der Waals surface area (Å²) < 4.78 is 9.86. The lowest BCUT2D eigenvalue weighted by Crippen LogP contribution is -2.40. The fourth-order valence-corrected chi connectivity index (χ4v) is 2.20. The van der Waals surface area contributed by atoms with E-state index in [1.165, 1.54) is 44.9 Å². The van der Waals surface area contributed by atoms with Crippen LogP contribution in [0.3, 0.4) is 0 Å². The van der Waals surface area contributed by atoms with Crippen molar-refractivity contribution < 1.29 is 19.1 Å². The van der Waals surface area contributed by atoms with E-state index in [0.717, 1.165) is 12.8 Å². The summed E-state index contributed by atoms with van der Waals surface area (Å²) in [6.07, 6.45) is 10.3. The quantitative estimate of drug-likeness (QED) is 0.286. The Morgan fingerprint density at radius 1 is 0.913 bits per heavy atom. The van der Waals surface area contributed by atoms with E-state index in [-0.39, 0.29) is 12.5 Å². The van der Waals surface area contributed by atoms with Gasteiger partial charge in [0.15, 0.2) is 0 Å². The van der Waals surface area contributed by atoms with E-state index in [1.54, 1.807) is 6.92 Å². The molecule has 6 heteroatoms. The molecule has 0 aliphatic rings. The summed E-state index contributed by atoms with van der Waals surface area (Å²) in [5.74, 6) is -0.211. The van der Waals surface area contributed by atoms with Crippen LogP contribution in [0.1, 0.15) is 71.6 Å². The standard InChI is InChI=1S/C17H32ClNO4/c1-3-4-5-6-7-8-9-10-11-13-22-16(20)15(2)19-17(21)23-14-12-18/h15H,3-14H2,1-2H3,(H,19,21). The van der Waals surface area contributed by atoms with E-state index >= 15 is 0 Å². The van der Waals surface area contributed by atoms with E-state index in [0.29, 0.717) is 6.61 Å². The number of alkyl carbamates (subject to hydrolysis) is 1. The highest BCUT2D eigenvalue weighted by Crippen LogP contribution is 2.09. The zero-order valence-electron chi connectivity index (χ0n) is 14.6. The summed E-state index contributed by atoms with van der Waals surface area (Å²) in [5.41, 5.74) is 0. The molecule has 0 rings (SSSR count). The second kappa shape index (κ2) is 15.9. The third-order valence-electron chi connectivity index (χ3n) is 3.49. The molecule has 1 unspecified atom stereocenters. The zero-order valence-corrected chi connectivity index (χ0v) is 15.3. The maximum absolute atomic E-state index is 11.7. The van der Waals surface area contributed by atoms with Gasteiger partial charge in [0.2, 0.25) is 0 Å². The Bertz CT molecular complexity index is 313. The molecule has 0 aromatic heterocycles. The van der Waals surface area contributed by atoms with Crippen LogP contribution in [0.25, 0.3) is 0 Å². The number of unbranched alkanes of at least 4 members (excludes halogenated alkanes) is 8. The van der Waals surface area contributed by atoms with Crippen molar-refractivity contribution >= 4 is 23.7 Å². The van der Waals surface area contributed by atoms with Crippen LogP contribution in [0, 0.1) is 0 Å². The van der Waals surface area contributed by atoms with Crippen LogP contribution >= 0.6 is 11.6 Å². The molecule has 0 bridgehead atoms. The largest absolute Gasteiger partial charge is 0.464 e. The molecule has 1 amide bonds. The van der Waals surface area contributed by atoms with Crippen molar-refractivity contribution in [1.82, 2.24) is 5.32 Å². The maximum Gasteiger partial charge on any atom is 0.407 e. The van der Waals surface area contributed by atoms with Gasteiger partial charge in [-0.3, -0.25) is 0 Å². The number of esters is 1. The van der Waals surface area contributed by atoms with Crippen LogP contribution in [-0.2, 0) is 14.3 Å². The van der Waals surface area contributed by atoms with Crippen LogP contribution in [0.15, 0.2) is 0 Å². The number of carbonyl (C=O) groups excluding carboxylic acids is 2. The molecular formula is C17H32ClNO4. The first-order valence-corrected chi connectivity index (χ1v) is 9.31. The molecule has 0 spiro atoms. The third kappa shape index (κ3) is 14.4. The van der Waals surface area contributed by atoms with Crippen molar-refractivity contribution in [3.05, 3.63) is 0 Å². The van der Waals surface area contributed by atoms with E-state index in [1.807, 2.05) is 0 Å². The molecule has 23 heavy (non-hydrogen) atoms. The molecule has 0 radical (unpaired) electrons. The average molecular weight is 350 g/mol. The van der Waals surface area contributed by atoms with Crippen molar-refractivity contribution in [2.24, 2.45) is 0 Å². The van der Waals surface area contributed by atoms with Crippen molar-refractivity contribution in [3.63, 3.8) is 0 Å². The van der Waals surface area contributed by atoms with E-state index in [4.69, 9.17) is 21.1 Å². The number of halogens is 1. The van der Waals surface area contributed by atoms with Gasteiger partial charge in [-0.25, -0.2) is 9.59 Å². The molecule has 0 aliphatic heterocycles. The van der Waals surface area contributed by atoms with Crippen molar-refractivity contribution in [1.29, 1.82) is 0 Å². The number of rotatable bonds is 14. The molecule has 1 atom stereocenters. The summed E-state index contributed by atoms with van der Waals surface area (Å²) in [4.78, 5) is 22.9. The van der Waals surface area contributed by atoms with Gasteiger partial charge >= 0.3 is 12.1 Å². The highest BCUT2D eigenvalue weighted by molar-refractivity contribution is 6.18. The van der Waals surface area contributed by atoms with Gasteiger partial charge in [-0.15, -0.1) is 11.6 Å². The third-order valence-corrected chi connectivity index (χ3v) is 3.64. The molecule has 5 nitrogen and oxygen atoms in total. The smallest absolute Gasteiger partial charge is 0.407 e. The Morgan fingerprint density at radius 2 is 1.48 bits per heavy atom. The summed E-state index contributed by atoms with van der Waals surface area (Å²) in [5, 5.41) is 2.41. The highest BCUT2D eigenvalue weighted by atomic mass is 35.5. The van der Waals surface area contributed by atoms with Gasteiger partial charge < -0.3 is 14.8 Å². The van der Waals surface area contributed by atoms with Gasteiger partial charge in [-0.1, -0.05) is 58.3 Å². The van der Waals surface area contributed by atoms with E-state index in [9.17, 15) is 9.59 Å². The lowest BCUT2D eigenvalue weighted by Gasteiger charge is -2.13. The number of alkyl halides is 1. The van der Waals surface area contributed by atoms with E-state index in [2.05, 4.69) is 12.2 Å². The Hall–Kier alpha value is -0.970. The molecule has 0 aromatic carbocycles. The summed E-state index contributed by atoms with van der Waals surface area (Å²) in [7, 11) is 0. The second-order valence-corrected chi connectivity index (χ2v) is 6.06. The molecule has 0 saturated carbocycles. The fourth-order valence-electron chi connectivity index (χ4n) is 2.12. The number of nitrogens with one attached hydrogen (secondary N) is 1. The minimum absolute atomic E-state index is 0.119. The number of carbonyl (C=O) groups is 2. The molecular weight excluding hydrogens is 318 g/mol. The first-order chi connectivity index (χ1) is 11.1. The number of hydrogen-bond donors (Lipinski definition) is 1. The predicted octanol–water partition coefficient (Wildman–Crippen LogP) is 4.41. The molecule has 0 aromatic rings. The Labute approximate surface area is 145 Å². The summed E-state index contributed by atoms with van der Waals surface area (Å²) in [6.45, 7) is 4.31. The van der Waals surface area contributed by atoms with Gasteiger partial charge in [0.1, 0.15) is 12.6 Å². The number of hydrogen-bond acceptors (Lipinski definition) is 4. The molecule has 136 valence electrons. The van der Waals surface area contributed by atoms with Crippen molar-refractivity contribution in [2.75, 3.05) is 19.1 Å². The van der Waals surface area contributed by atoms with Gasteiger partial charge in [-0.2, -0.15) is 0 Å². The number of ether oxygens (including phenoxy) is 2. The first kappa shape index (κ1) is 22.0. The minimum atomic E-state index is -0.712. The molecule has 1 N–H and O–H groups in total. The van der Waals surface area contributed by atoms with Crippen LogP contribution in [-0.4, -0.2) is 37.2 Å². The van der Waals surface area contributed by atoms with Crippen LogP contribution in [0.4, 0.5) is 4.79 Å². The second-order valence-electron chi connectivity index (χ2n) is 5.69. The molecule has 0 saturated heterocycles. The SMILES string of the molecule is CCCCCCCCCCCOC(=O)C(C)NC(=O)OCCCl. The normalized spacial score (nSPS) is 11.8. The minimum Gasteiger partial charge on any atom is -0.464 e. The Kier molecular flexibility index (Phi) is 15.2. The first-order valence-electron chi connectivity index (χ1n) is 8.77. The van der Waals surface area contributed by atoms with E-state index < -0.39 is 18.1 Å². The molecule has 0 aliphatic carbocycles. The van der Waals surface area contributed by atoms with Crippen LogP contribution in [0.5, 0.6) is 0 Å². The lowest BCUT2D eigenvalue weighted by molar-refractivity contribution is -0.145. The van der Waals surface area contributed by atoms with Gasteiger partial charge in [0.25, 0.3) is 0 Å². The summed E-state index contributed by atoms with van der Waals surface area (Å²) >= 11 is 5.40. The predicted molar refractivity (Wildman–Crippen MR) is 92.9 cm³/mol. The van der Waals surface area contributed by atoms with Gasteiger partial charge in [0, 0.05) is 0 Å².